The molecule has 0 bridgehead atoms. The molecule has 0 saturated heterocycles. The van der Waals surface area contributed by atoms with E-state index in [0.717, 1.165) is 6.08 Å². The number of nitrogens with one attached hydrogen (secondary N) is 1. The quantitative estimate of drug-likeness (QED) is 0.472. The van der Waals surface area contributed by atoms with Crippen LogP contribution in [-0.2, 0) is 23.8 Å². The van der Waals surface area contributed by atoms with E-state index in [9.17, 15) is 26.4 Å². The van der Waals surface area contributed by atoms with Crippen molar-refractivity contribution in [2.45, 2.75) is 51.8 Å². The van der Waals surface area contributed by atoms with Crippen LogP contribution in [0, 0.1) is 5.41 Å². The number of hydrogen-bond acceptors (Lipinski definition) is 6. The van der Waals surface area contributed by atoms with E-state index in [4.69, 9.17) is 4.74 Å². The highest BCUT2D eigenvalue weighted by molar-refractivity contribution is 7.87. The molecule has 1 aliphatic rings. The molecule has 0 spiro atoms. The fourth-order valence-corrected chi connectivity index (χ4v) is 2.59. The molecule has 1 aliphatic heterocycles. The minimum absolute atomic E-state index is 0.0317. The van der Waals surface area contributed by atoms with E-state index in [1.807, 2.05) is 0 Å². The van der Waals surface area contributed by atoms with Crippen LogP contribution in [0.2, 0.25) is 0 Å². The van der Waals surface area contributed by atoms with E-state index in [-0.39, 0.29) is 6.54 Å². The average Bonchev–Trinajstić information content (AvgIpc) is 2.27. The average molecular weight is 359 g/mol. The van der Waals surface area contributed by atoms with Crippen LogP contribution in [0.15, 0.2) is 11.8 Å². The lowest BCUT2D eigenvalue weighted by molar-refractivity contribution is -0.160. The highest BCUT2D eigenvalue weighted by Crippen LogP contribution is 2.38. The third-order valence-corrected chi connectivity index (χ3v) is 4.06. The van der Waals surface area contributed by atoms with Gasteiger partial charge in [0.25, 0.3) is 0 Å². The molecule has 134 valence electrons. The third kappa shape index (κ3) is 4.60. The van der Waals surface area contributed by atoms with Crippen LogP contribution < -0.4 is 5.32 Å². The summed E-state index contributed by atoms with van der Waals surface area (Å²) in [7, 11) is -5.80. The van der Waals surface area contributed by atoms with Gasteiger partial charge in [0.1, 0.15) is 17.4 Å². The van der Waals surface area contributed by atoms with E-state index in [1.165, 1.54) is 13.8 Å². The molecule has 0 radical (unpaired) electrons. The summed E-state index contributed by atoms with van der Waals surface area (Å²) in [5.41, 5.74) is -7.69. The van der Waals surface area contributed by atoms with Crippen LogP contribution in [0.4, 0.5) is 13.2 Å². The number of carbonyl (C=O) groups excluding carboxylic acids is 1. The van der Waals surface area contributed by atoms with Gasteiger partial charge in [0.15, 0.2) is 0 Å². The van der Waals surface area contributed by atoms with Crippen molar-refractivity contribution in [2.24, 2.45) is 5.41 Å². The van der Waals surface area contributed by atoms with Gasteiger partial charge in [0, 0.05) is 12.0 Å². The van der Waals surface area contributed by atoms with Crippen molar-refractivity contribution in [1.29, 1.82) is 0 Å². The Labute approximate surface area is 133 Å². The maximum atomic E-state index is 12.5. The molecule has 0 aromatic carbocycles. The standard InChI is InChI=1S/C13H20F3NO5S/c1-11(2,3)21-10(18)9-12(4,5)8(6-7-17-9)22-23(19,20)13(14,15)16/h6,9,17H,7H2,1-5H3. The summed E-state index contributed by atoms with van der Waals surface area (Å²) in [6, 6.07) is -1.05. The van der Waals surface area contributed by atoms with Crippen LogP contribution in [0.1, 0.15) is 34.6 Å². The lowest BCUT2D eigenvalue weighted by Crippen LogP contribution is -2.54. The predicted molar refractivity (Wildman–Crippen MR) is 75.6 cm³/mol. The second-order valence-electron chi connectivity index (χ2n) is 6.65. The summed E-state index contributed by atoms with van der Waals surface area (Å²) >= 11 is 0. The summed E-state index contributed by atoms with van der Waals surface area (Å²) in [6.45, 7) is 7.68. The third-order valence-electron chi connectivity index (χ3n) is 3.09. The zero-order valence-corrected chi connectivity index (χ0v) is 14.3. The number of esters is 1. The van der Waals surface area contributed by atoms with E-state index in [2.05, 4.69) is 9.50 Å². The first-order valence-corrected chi connectivity index (χ1v) is 8.16. The number of hydrogen-bond donors (Lipinski definition) is 1. The Morgan fingerprint density at radius 3 is 2.26 bits per heavy atom. The van der Waals surface area contributed by atoms with Gasteiger partial charge in [-0.25, -0.2) is 0 Å². The topological polar surface area (TPSA) is 81.7 Å². The van der Waals surface area contributed by atoms with Crippen LogP contribution in [0.5, 0.6) is 0 Å². The SMILES string of the molecule is CC(C)(C)OC(=O)C1NCC=C(OS(=O)(=O)C(F)(F)F)C1(C)C. The second kappa shape index (κ2) is 5.97. The van der Waals surface area contributed by atoms with Gasteiger partial charge in [-0.05, 0) is 26.8 Å². The summed E-state index contributed by atoms with van der Waals surface area (Å²) in [6.07, 6.45) is 1.16. The summed E-state index contributed by atoms with van der Waals surface area (Å²) in [5.74, 6) is -1.16. The van der Waals surface area contributed by atoms with E-state index in [0.29, 0.717) is 0 Å². The van der Waals surface area contributed by atoms with Gasteiger partial charge in [-0.3, -0.25) is 10.1 Å². The van der Waals surface area contributed by atoms with E-state index < -0.39 is 44.4 Å². The molecule has 0 fully saturated rings. The summed E-state index contributed by atoms with van der Waals surface area (Å²) < 4.78 is 69.2. The van der Waals surface area contributed by atoms with E-state index in [1.54, 1.807) is 20.8 Å². The number of alkyl halides is 3. The van der Waals surface area contributed by atoms with Crippen LogP contribution in [0.25, 0.3) is 0 Å². The molecule has 1 unspecified atom stereocenters. The minimum Gasteiger partial charge on any atom is -0.459 e. The second-order valence-corrected chi connectivity index (χ2v) is 8.19. The number of carbonyl (C=O) groups is 1. The number of ether oxygens (including phenoxy) is 1. The molecule has 1 atom stereocenters. The van der Waals surface area contributed by atoms with Crippen molar-refractivity contribution in [1.82, 2.24) is 5.32 Å². The Bertz CT molecular complexity index is 602. The Morgan fingerprint density at radius 2 is 1.83 bits per heavy atom. The van der Waals surface area contributed by atoms with Crippen molar-refractivity contribution >= 4 is 16.1 Å². The molecule has 1 heterocycles. The van der Waals surface area contributed by atoms with Gasteiger partial charge < -0.3 is 8.92 Å². The highest BCUT2D eigenvalue weighted by atomic mass is 32.2. The molecule has 0 aliphatic carbocycles. The molecule has 0 saturated carbocycles. The van der Waals surface area contributed by atoms with Crippen molar-refractivity contribution in [3.8, 4) is 0 Å². The molecule has 0 aromatic heterocycles. The zero-order valence-electron chi connectivity index (χ0n) is 13.4. The molecule has 6 nitrogen and oxygen atoms in total. The molecule has 0 amide bonds. The lowest BCUT2D eigenvalue weighted by Gasteiger charge is -2.38. The van der Waals surface area contributed by atoms with Crippen molar-refractivity contribution in [3.05, 3.63) is 11.8 Å². The number of halogens is 3. The first kappa shape index (κ1) is 19.8. The van der Waals surface area contributed by atoms with Crippen molar-refractivity contribution in [2.75, 3.05) is 6.54 Å². The first-order chi connectivity index (χ1) is 10.1. The van der Waals surface area contributed by atoms with Crippen molar-refractivity contribution < 1.29 is 35.3 Å². The Kier molecular flexibility index (Phi) is 5.13. The molecular weight excluding hydrogens is 339 g/mol. The van der Waals surface area contributed by atoms with E-state index >= 15 is 0 Å². The first-order valence-electron chi connectivity index (χ1n) is 6.75. The fourth-order valence-electron chi connectivity index (χ4n) is 1.98. The fraction of sp³-hybridized carbons (Fsp3) is 0.769. The van der Waals surface area contributed by atoms with Crippen molar-refractivity contribution in [3.63, 3.8) is 0 Å². The van der Waals surface area contributed by atoms with Crippen LogP contribution >= 0.6 is 0 Å². The molecular formula is C13H20F3NO5S. The van der Waals surface area contributed by atoms with Gasteiger partial charge >= 0.3 is 21.6 Å². The molecule has 10 heteroatoms. The smallest absolute Gasteiger partial charge is 0.459 e. The molecule has 1 rings (SSSR count). The van der Waals surface area contributed by atoms with Gasteiger partial charge in [-0.2, -0.15) is 21.6 Å². The summed E-state index contributed by atoms with van der Waals surface area (Å²) in [5, 5.41) is 2.78. The highest BCUT2D eigenvalue weighted by Gasteiger charge is 2.52. The molecule has 0 aromatic rings. The van der Waals surface area contributed by atoms with Crippen LogP contribution in [0.3, 0.4) is 0 Å². The Balaban J connectivity index is 3.06. The van der Waals surface area contributed by atoms with Gasteiger partial charge in [0.05, 0.1) is 0 Å². The Morgan fingerprint density at radius 1 is 1.30 bits per heavy atom. The zero-order chi connectivity index (χ0) is 18.3. The van der Waals surface area contributed by atoms with Gasteiger partial charge in [-0.1, -0.05) is 13.8 Å². The van der Waals surface area contributed by atoms with Gasteiger partial charge in [-0.15, -0.1) is 0 Å². The van der Waals surface area contributed by atoms with Crippen LogP contribution in [-0.4, -0.2) is 38.1 Å². The largest absolute Gasteiger partial charge is 0.534 e. The monoisotopic (exact) mass is 359 g/mol. The summed E-state index contributed by atoms with van der Waals surface area (Å²) in [4.78, 5) is 12.2. The molecule has 23 heavy (non-hydrogen) atoms. The lowest BCUT2D eigenvalue weighted by atomic mass is 9.80. The number of rotatable bonds is 3. The minimum atomic E-state index is -5.80. The molecule has 1 N–H and O–H groups in total. The normalized spacial score (nSPS) is 22.3. The Hall–Kier alpha value is -1.29. The predicted octanol–water partition coefficient (Wildman–Crippen LogP) is 2.08. The van der Waals surface area contributed by atoms with Gasteiger partial charge in [0.2, 0.25) is 0 Å². The maximum absolute atomic E-state index is 12.5. The maximum Gasteiger partial charge on any atom is 0.534 e.